The summed E-state index contributed by atoms with van der Waals surface area (Å²) >= 11 is 0. The molecule has 0 bridgehead atoms. The summed E-state index contributed by atoms with van der Waals surface area (Å²) in [6.45, 7) is 4.15. The molecule has 0 radical (unpaired) electrons. The number of nitrogens with zero attached hydrogens (tertiary/aromatic N) is 1. The van der Waals surface area contributed by atoms with Crippen LogP contribution in [0.5, 0.6) is 0 Å². The zero-order valence-electron chi connectivity index (χ0n) is 19.3. The average molecular weight is 401 g/mol. The van der Waals surface area contributed by atoms with E-state index in [1.165, 1.54) is 64.2 Å². The lowest BCUT2D eigenvalue weighted by molar-refractivity contribution is -0.893. The lowest BCUT2D eigenvalue weighted by atomic mass is 10.0. The first-order valence-corrected chi connectivity index (χ1v) is 12.1. The summed E-state index contributed by atoms with van der Waals surface area (Å²) < 4.78 is 0.859. The third kappa shape index (κ3) is 20.1. The maximum atomic E-state index is 10.5. The van der Waals surface area contributed by atoms with Gasteiger partial charge in [0.1, 0.15) is 12.6 Å². The Hall–Kier alpha value is -0.610. The molecule has 0 aliphatic heterocycles. The van der Waals surface area contributed by atoms with Gasteiger partial charge in [-0.25, -0.2) is 0 Å². The number of carboxylic acid groups (broad SMARTS) is 1. The predicted octanol–water partition coefficient (Wildman–Crippen LogP) is 6.16. The van der Waals surface area contributed by atoms with E-state index < -0.39 is 5.97 Å². The molecule has 1 atom stereocenters. The second-order valence-electron chi connectivity index (χ2n) is 9.38. The first kappa shape index (κ1) is 27.4. The van der Waals surface area contributed by atoms with Gasteiger partial charge < -0.3 is 14.7 Å². The summed E-state index contributed by atoms with van der Waals surface area (Å²) in [5.74, 6) is -0.693. The summed E-state index contributed by atoms with van der Waals surface area (Å²) in [6.07, 6.45) is 19.8. The van der Waals surface area contributed by atoms with E-state index in [1.54, 1.807) is 0 Å². The Morgan fingerprint density at radius 1 is 0.750 bits per heavy atom. The molecule has 0 fully saturated rings. The fourth-order valence-electron chi connectivity index (χ4n) is 3.97. The van der Waals surface area contributed by atoms with Crippen molar-refractivity contribution in [1.82, 2.24) is 0 Å². The number of rotatable bonds is 21. The lowest BCUT2D eigenvalue weighted by Crippen LogP contribution is -2.45. The fraction of sp³-hybridized carbons (Fsp3) is 0.958. The van der Waals surface area contributed by atoms with Crippen LogP contribution in [0.4, 0.5) is 0 Å². The molecule has 28 heavy (non-hydrogen) atoms. The minimum absolute atomic E-state index is 0.194. The van der Waals surface area contributed by atoms with Gasteiger partial charge in [-0.1, -0.05) is 84.0 Å². The normalized spacial score (nSPS) is 13.0. The summed E-state index contributed by atoms with van der Waals surface area (Å²) in [6, 6.07) is 0. The number of quaternary nitrogens is 1. The molecule has 1 unspecified atom stereocenters. The maximum Gasteiger partial charge on any atom is 0.303 e. The molecule has 0 aliphatic rings. The molecule has 168 valence electrons. The van der Waals surface area contributed by atoms with E-state index in [2.05, 4.69) is 21.0 Å². The Balaban J connectivity index is 3.50. The fourth-order valence-corrected chi connectivity index (χ4v) is 3.97. The van der Waals surface area contributed by atoms with Crippen LogP contribution in [0.2, 0.25) is 0 Å². The van der Waals surface area contributed by atoms with E-state index in [9.17, 15) is 9.90 Å². The zero-order valence-corrected chi connectivity index (χ0v) is 19.3. The van der Waals surface area contributed by atoms with Crippen molar-refractivity contribution in [2.75, 3.05) is 27.2 Å². The molecule has 0 saturated carbocycles. The van der Waals surface area contributed by atoms with Crippen LogP contribution in [-0.2, 0) is 4.79 Å². The smallest absolute Gasteiger partial charge is 0.303 e. The number of hydrogen-bond donors (Lipinski definition) is 2. The van der Waals surface area contributed by atoms with Gasteiger partial charge in [0, 0.05) is 6.42 Å². The quantitative estimate of drug-likeness (QED) is 0.179. The van der Waals surface area contributed by atoms with Crippen molar-refractivity contribution < 1.29 is 19.5 Å². The van der Waals surface area contributed by atoms with E-state index in [0.717, 1.165) is 56.1 Å². The van der Waals surface area contributed by atoms with Gasteiger partial charge in [-0.3, -0.25) is 4.79 Å². The zero-order chi connectivity index (χ0) is 21.1. The van der Waals surface area contributed by atoms with Crippen molar-refractivity contribution in [3.63, 3.8) is 0 Å². The van der Waals surface area contributed by atoms with Crippen LogP contribution < -0.4 is 0 Å². The molecule has 4 nitrogen and oxygen atoms in total. The molecule has 0 rings (SSSR count). The van der Waals surface area contributed by atoms with Gasteiger partial charge in [-0.15, -0.1) is 0 Å². The number of aliphatic hydroxyl groups excluding tert-OH is 1. The van der Waals surface area contributed by atoms with E-state index in [4.69, 9.17) is 5.11 Å². The molecule has 0 spiro atoms. The van der Waals surface area contributed by atoms with E-state index in [1.807, 2.05) is 0 Å². The second-order valence-corrected chi connectivity index (χ2v) is 9.38. The molecule has 0 aromatic rings. The molecule has 2 N–H and O–H groups in total. The highest BCUT2D eigenvalue weighted by Gasteiger charge is 2.19. The Bertz CT molecular complexity index is 358. The summed E-state index contributed by atoms with van der Waals surface area (Å²) in [4.78, 5) is 10.5. The Kier molecular flexibility index (Phi) is 18.0. The van der Waals surface area contributed by atoms with Crippen LogP contribution in [0.25, 0.3) is 0 Å². The number of aliphatic hydroxyl groups is 1. The standard InChI is InChI=1S/C24H49NO3/c1-4-5-6-7-8-9-10-11-12-13-16-19-23(26)22-25(2,3)21-18-15-14-17-20-24(27)28/h23,26H,4-22H2,1-3H3/p+1. The predicted molar refractivity (Wildman–Crippen MR) is 120 cm³/mol. The molecule has 0 aromatic heterocycles. The Labute approximate surface area is 175 Å². The summed E-state index contributed by atoms with van der Waals surface area (Å²) in [7, 11) is 4.39. The Morgan fingerprint density at radius 2 is 1.21 bits per heavy atom. The Morgan fingerprint density at radius 3 is 1.75 bits per heavy atom. The van der Waals surface area contributed by atoms with E-state index in [0.29, 0.717) is 0 Å². The van der Waals surface area contributed by atoms with Crippen molar-refractivity contribution in [2.45, 2.75) is 122 Å². The number of hydrogen-bond acceptors (Lipinski definition) is 2. The monoisotopic (exact) mass is 400 g/mol. The first-order valence-electron chi connectivity index (χ1n) is 12.1. The third-order valence-corrected chi connectivity index (χ3v) is 5.75. The number of aliphatic carboxylic acids is 1. The highest BCUT2D eigenvalue weighted by atomic mass is 16.4. The van der Waals surface area contributed by atoms with Crippen molar-refractivity contribution in [2.24, 2.45) is 0 Å². The van der Waals surface area contributed by atoms with Crippen LogP contribution >= 0.6 is 0 Å². The van der Waals surface area contributed by atoms with Gasteiger partial charge in [0.2, 0.25) is 0 Å². The summed E-state index contributed by atoms with van der Waals surface area (Å²) in [5.41, 5.74) is 0. The van der Waals surface area contributed by atoms with Crippen LogP contribution in [0.1, 0.15) is 116 Å². The van der Waals surface area contributed by atoms with Crippen LogP contribution in [-0.4, -0.2) is 54.0 Å². The second kappa shape index (κ2) is 18.4. The first-order chi connectivity index (χ1) is 13.4. The summed E-state index contributed by atoms with van der Waals surface area (Å²) in [5, 5.41) is 19.0. The number of likely N-dealkylation sites (N-methyl/N-ethyl adjacent to an activating group) is 1. The van der Waals surface area contributed by atoms with Crippen molar-refractivity contribution in [1.29, 1.82) is 0 Å². The highest BCUT2D eigenvalue weighted by Crippen LogP contribution is 2.14. The molecule has 0 amide bonds. The molecular formula is C24H50NO3+. The van der Waals surface area contributed by atoms with Crippen LogP contribution in [0.15, 0.2) is 0 Å². The van der Waals surface area contributed by atoms with Crippen molar-refractivity contribution in [3.05, 3.63) is 0 Å². The van der Waals surface area contributed by atoms with Gasteiger partial charge in [0.25, 0.3) is 0 Å². The lowest BCUT2D eigenvalue weighted by Gasteiger charge is -2.32. The van der Waals surface area contributed by atoms with Crippen molar-refractivity contribution >= 4 is 5.97 Å². The molecule has 0 aromatic carbocycles. The molecular weight excluding hydrogens is 350 g/mol. The molecule has 0 heterocycles. The largest absolute Gasteiger partial charge is 0.481 e. The number of carboxylic acids is 1. The van der Waals surface area contributed by atoms with Gasteiger partial charge in [0.05, 0.1) is 20.6 Å². The van der Waals surface area contributed by atoms with Crippen molar-refractivity contribution in [3.8, 4) is 0 Å². The van der Waals surface area contributed by atoms with Gasteiger partial charge in [-0.05, 0) is 25.7 Å². The topological polar surface area (TPSA) is 57.5 Å². The average Bonchev–Trinajstić information content (AvgIpc) is 2.62. The van der Waals surface area contributed by atoms with Gasteiger partial charge >= 0.3 is 5.97 Å². The van der Waals surface area contributed by atoms with Crippen LogP contribution in [0.3, 0.4) is 0 Å². The minimum Gasteiger partial charge on any atom is -0.481 e. The van der Waals surface area contributed by atoms with Gasteiger partial charge in [-0.2, -0.15) is 0 Å². The molecule has 4 heteroatoms. The molecule has 0 saturated heterocycles. The number of unbranched alkanes of at least 4 members (excludes halogenated alkanes) is 13. The van der Waals surface area contributed by atoms with E-state index >= 15 is 0 Å². The van der Waals surface area contributed by atoms with E-state index in [-0.39, 0.29) is 12.5 Å². The maximum absolute atomic E-state index is 10.5. The molecule has 0 aliphatic carbocycles. The van der Waals surface area contributed by atoms with Gasteiger partial charge in [0.15, 0.2) is 0 Å². The number of carbonyl (C=O) groups is 1. The van der Waals surface area contributed by atoms with Crippen LogP contribution in [0, 0.1) is 0 Å². The minimum atomic E-state index is -0.693. The SMILES string of the molecule is CCCCCCCCCCCCCC(O)C[N+](C)(C)CCCCCCC(=O)O. The highest BCUT2D eigenvalue weighted by molar-refractivity contribution is 5.66. The third-order valence-electron chi connectivity index (χ3n) is 5.75.